The molecular formula is C14H24N2O6S. The van der Waals surface area contributed by atoms with Gasteiger partial charge in [-0.3, -0.25) is 9.69 Å². The Morgan fingerprint density at radius 3 is 2.30 bits per heavy atom. The Morgan fingerprint density at radius 1 is 1.13 bits per heavy atom. The molecule has 1 amide bonds. The van der Waals surface area contributed by atoms with Gasteiger partial charge in [-0.25, -0.2) is 13.2 Å². The smallest absolute Gasteiger partial charge is 0.410 e. The second-order valence-corrected chi connectivity index (χ2v) is 9.09. The predicted molar refractivity (Wildman–Crippen MR) is 82.8 cm³/mol. The van der Waals surface area contributed by atoms with Crippen LogP contribution in [0.4, 0.5) is 4.79 Å². The first-order valence-electron chi connectivity index (χ1n) is 7.53. The maximum atomic E-state index is 12.4. The van der Waals surface area contributed by atoms with Crippen LogP contribution in [0.2, 0.25) is 0 Å². The lowest BCUT2D eigenvalue weighted by Crippen LogP contribution is -2.61. The first-order valence-corrected chi connectivity index (χ1v) is 9.35. The van der Waals surface area contributed by atoms with E-state index in [0.717, 1.165) is 0 Å². The first-order chi connectivity index (χ1) is 10.5. The summed E-state index contributed by atoms with van der Waals surface area (Å²) in [5.41, 5.74) is -0.646. The predicted octanol–water partition coefficient (Wildman–Crippen LogP) is -0.122. The second-order valence-electron chi connectivity index (χ2n) is 6.93. The molecule has 0 bridgehead atoms. The Morgan fingerprint density at radius 2 is 1.74 bits per heavy atom. The molecule has 0 unspecified atom stereocenters. The van der Waals surface area contributed by atoms with Crippen molar-refractivity contribution in [1.82, 2.24) is 9.80 Å². The maximum absolute atomic E-state index is 12.4. The summed E-state index contributed by atoms with van der Waals surface area (Å²) < 4.78 is 34.1. The van der Waals surface area contributed by atoms with Crippen molar-refractivity contribution in [2.75, 3.05) is 38.2 Å². The van der Waals surface area contributed by atoms with E-state index in [1.54, 1.807) is 25.7 Å². The maximum Gasteiger partial charge on any atom is 0.410 e. The summed E-state index contributed by atoms with van der Waals surface area (Å²) in [5.74, 6) is -0.582. The van der Waals surface area contributed by atoms with Crippen LogP contribution in [-0.2, 0) is 24.1 Å². The largest absolute Gasteiger partial charge is 0.468 e. The molecule has 132 valence electrons. The summed E-state index contributed by atoms with van der Waals surface area (Å²) in [7, 11) is -1.96. The number of rotatable bonds is 2. The van der Waals surface area contributed by atoms with Gasteiger partial charge in [0.2, 0.25) is 0 Å². The van der Waals surface area contributed by atoms with Crippen molar-refractivity contribution in [2.45, 2.75) is 38.5 Å². The molecule has 23 heavy (non-hydrogen) atoms. The van der Waals surface area contributed by atoms with E-state index in [0.29, 0.717) is 13.1 Å². The van der Waals surface area contributed by atoms with E-state index < -0.39 is 39.6 Å². The standard InChI is InChI=1S/C14H24N2O6S/c1-14(2,3)22-13(18)16-6-5-15(7-12(17)21-4)10-8-23(19,20)9-11(10)16/h10-11H,5-9H2,1-4H3/t10-,11-/m1/s1. The summed E-state index contributed by atoms with van der Waals surface area (Å²) in [4.78, 5) is 27.1. The van der Waals surface area contributed by atoms with Gasteiger partial charge in [-0.1, -0.05) is 0 Å². The molecule has 2 fully saturated rings. The zero-order valence-electron chi connectivity index (χ0n) is 13.9. The summed E-state index contributed by atoms with van der Waals surface area (Å²) in [6, 6.07) is -0.895. The van der Waals surface area contributed by atoms with Crippen LogP contribution in [0.1, 0.15) is 20.8 Å². The lowest BCUT2D eigenvalue weighted by atomic mass is 10.1. The van der Waals surface area contributed by atoms with Crippen LogP contribution in [0.15, 0.2) is 0 Å². The summed E-state index contributed by atoms with van der Waals surface area (Å²) in [6.45, 7) is 6.05. The summed E-state index contributed by atoms with van der Waals surface area (Å²) in [6.07, 6.45) is -0.512. The molecule has 2 heterocycles. The number of hydrogen-bond acceptors (Lipinski definition) is 7. The lowest BCUT2D eigenvalue weighted by Gasteiger charge is -2.43. The van der Waals surface area contributed by atoms with Crippen molar-refractivity contribution in [2.24, 2.45) is 0 Å². The molecular weight excluding hydrogens is 324 g/mol. The van der Waals surface area contributed by atoms with Crippen molar-refractivity contribution >= 4 is 21.9 Å². The van der Waals surface area contributed by atoms with E-state index in [1.807, 2.05) is 0 Å². The van der Waals surface area contributed by atoms with E-state index in [4.69, 9.17) is 4.74 Å². The highest BCUT2D eigenvalue weighted by Crippen LogP contribution is 2.28. The number of carbonyl (C=O) groups is 2. The molecule has 0 spiro atoms. The van der Waals surface area contributed by atoms with Crippen LogP contribution in [0, 0.1) is 0 Å². The molecule has 0 radical (unpaired) electrons. The van der Waals surface area contributed by atoms with Gasteiger partial charge in [-0.05, 0) is 20.8 Å². The van der Waals surface area contributed by atoms with Crippen molar-refractivity contribution in [3.8, 4) is 0 Å². The van der Waals surface area contributed by atoms with Crippen molar-refractivity contribution in [1.29, 1.82) is 0 Å². The molecule has 8 nitrogen and oxygen atoms in total. The monoisotopic (exact) mass is 348 g/mol. The number of ether oxygens (including phenoxy) is 2. The molecule has 2 aliphatic heterocycles. The number of esters is 1. The van der Waals surface area contributed by atoms with Gasteiger partial charge >= 0.3 is 12.1 Å². The highest BCUT2D eigenvalue weighted by Gasteiger charge is 2.49. The van der Waals surface area contributed by atoms with Gasteiger partial charge < -0.3 is 14.4 Å². The van der Waals surface area contributed by atoms with Crippen LogP contribution in [-0.4, -0.2) is 86.2 Å². The highest BCUT2D eigenvalue weighted by molar-refractivity contribution is 7.91. The fraction of sp³-hybridized carbons (Fsp3) is 0.857. The van der Waals surface area contributed by atoms with Crippen LogP contribution < -0.4 is 0 Å². The van der Waals surface area contributed by atoms with Crippen LogP contribution in [0.5, 0.6) is 0 Å². The molecule has 2 atom stereocenters. The Labute approximate surface area is 136 Å². The van der Waals surface area contributed by atoms with E-state index in [9.17, 15) is 18.0 Å². The fourth-order valence-corrected chi connectivity index (χ4v) is 5.01. The Balaban J connectivity index is 2.18. The molecule has 0 aromatic heterocycles. The van der Waals surface area contributed by atoms with Gasteiger partial charge in [0.1, 0.15) is 5.60 Å². The third-order valence-electron chi connectivity index (χ3n) is 3.98. The number of piperazine rings is 1. The molecule has 2 saturated heterocycles. The van der Waals surface area contributed by atoms with Gasteiger partial charge in [0.15, 0.2) is 9.84 Å². The van der Waals surface area contributed by atoms with E-state index in [1.165, 1.54) is 12.0 Å². The average molecular weight is 348 g/mol. The first kappa shape index (κ1) is 18.0. The van der Waals surface area contributed by atoms with E-state index in [-0.39, 0.29) is 18.1 Å². The molecule has 0 N–H and O–H groups in total. The Bertz CT molecular complexity index is 583. The minimum atomic E-state index is -3.26. The summed E-state index contributed by atoms with van der Waals surface area (Å²) in [5, 5.41) is 0. The zero-order valence-corrected chi connectivity index (χ0v) is 14.8. The molecule has 0 aromatic carbocycles. The Hall–Kier alpha value is -1.35. The number of hydrogen-bond donors (Lipinski definition) is 0. The van der Waals surface area contributed by atoms with E-state index >= 15 is 0 Å². The van der Waals surface area contributed by atoms with E-state index in [2.05, 4.69) is 4.74 Å². The third-order valence-corrected chi connectivity index (χ3v) is 5.68. The topological polar surface area (TPSA) is 93.2 Å². The number of carbonyl (C=O) groups excluding carboxylic acids is 2. The molecule has 2 rings (SSSR count). The normalized spacial score (nSPS) is 27.4. The van der Waals surface area contributed by atoms with Gasteiger partial charge in [0.25, 0.3) is 0 Å². The van der Waals surface area contributed by atoms with Crippen LogP contribution in [0.25, 0.3) is 0 Å². The third kappa shape index (κ3) is 4.35. The molecule has 0 aliphatic carbocycles. The average Bonchev–Trinajstić information content (AvgIpc) is 2.72. The van der Waals surface area contributed by atoms with Crippen molar-refractivity contribution < 1.29 is 27.5 Å². The van der Waals surface area contributed by atoms with Crippen LogP contribution in [0.3, 0.4) is 0 Å². The summed E-state index contributed by atoms with van der Waals surface area (Å²) >= 11 is 0. The van der Waals surface area contributed by atoms with Crippen molar-refractivity contribution in [3.63, 3.8) is 0 Å². The number of amides is 1. The fourth-order valence-electron chi connectivity index (χ4n) is 3.00. The SMILES string of the molecule is COC(=O)CN1CCN(C(=O)OC(C)(C)C)[C@@H]2CS(=O)(=O)C[C@H]21. The van der Waals surface area contributed by atoms with Gasteiger partial charge in [-0.15, -0.1) is 0 Å². The highest BCUT2D eigenvalue weighted by atomic mass is 32.2. The molecule has 0 saturated carbocycles. The van der Waals surface area contributed by atoms with Crippen molar-refractivity contribution in [3.05, 3.63) is 0 Å². The Kier molecular flexibility index (Phi) is 4.91. The van der Waals surface area contributed by atoms with Gasteiger partial charge in [0.05, 0.1) is 31.2 Å². The molecule has 0 aromatic rings. The van der Waals surface area contributed by atoms with Gasteiger partial charge in [0, 0.05) is 19.1 Å². The zero-order chi connectivity index (χ0) is 17.4. The second kappa shape index (κ2) is 6.27. The molecule has 2 aliphatic rings. The molecule has 9 heteroatoms. The quantitative estimate of drug-likeness (QED) is 0.642. The van der Waals surface area contributed by atoms with Gasteiger partial charge in [-0.2, -0.15) is 0 Å². The lowest BCUT2D eigenvalue weighted by molar-refractivity contribution is -0.143. The number of nitrogens with zero attached hydrogens (tertiary/aromatic N) is 2. The van der Waals surface area contributed by atoms with Crippen LogP contribution >= 0.6 is 0 Å². The number of sulfone groups is 1. The number of fused-ring (bicyclic) bond motifs is 1. The number of methoxy groups -OCH3 is 1. The minimum Gasteiger partial charge on any atom is -0.468 e. The minimum absolute atomic E-state index is 0.0232.